The van der Waals surface area contributed by atoms with Crippen LogP contribution in [0.1, 0.15) is 50.6 Å². The Kier molecular flexibility index (Phi) is 6.70. The van der Waals surface area contributed by atoms with Crippen LogP contribution >= 0.6 is 13.5 Å². The van der Waals surface area contributed by atoms with Gasteiger partial charge in [-0.3, -0.25) is 19.3 Å². The van der Waals surface area contributed by atoms with Gasteiger partial charge in [-0.15, -0.1) is 0 Å². The van der Waals surface area contributed by atoms with Crippen LogP contribution in [0.2, 0.25) is 0 Å². The molecule has 3 heterocycles. The van der Waals surface area contributed by atoms with Crippen molar-refractivity contribution in [2.45, 2.75) is 26.1 Å². The van der Waals surface area contributed by atoms with Crippen molar-refractivity contribution in [2.75, 3.05) is 16.8 Å². The quantitative estimate of drug-likeness (QED) is 0.599. The fourth-order valence-corrected chi connectivity index (χ4v) is 3.71. The normalized spacial score (nSPS) is 15.2. The average molecular weight is 488 g/mol. The fourth-order valence-electron chi connectivity index (χ4n) is 3.71. The number of alkyl halides is 3. The van der Waals surface area contributed by atoms with Crippen molar-refractivity contribution in [3.8, 4) is 6.07 Å². The van der Waals surface area contributed by atoms with Crippen LogP contribution in [0.5, 0.6) is 0 Å². The molecule has 0 aliphatic carbocycles. The maximum atomic E-state index is 13.3. The molecular formula is C22H19F3N6O2S. The molecule has 0 spiro atoms. The molecule has 1 N–H and O–H groups in total. The number of hydrogen-bond acceptors (Lipinski definition) is 5. The van der Waals surface area contributed by atoms with E-state index in [4.69, 9.17) is 0 Å². The Labute approximate surface area is 199 Å². The number of pyridine rings is 1. The molecule has 1 aromatic carbocycles. The largest absolute Gasteiger partial charge is 0.417 e. The van der Waals surface area contributed by atoms with Gasteiger partial charge < -0.3 is 10.2 Å². The summed E-state index contributed by atoms with van der Waals surface area (Å²) in [6.45, 7) is 3.63. The van der Waals surface area contributed by atoms with Crippen molar-refractivity contribution < 1.29 is 22.8 Å². The molecule has 0 radical (unpaired) electrons. The molecule has 0 saturated heterocycles. The van der Waals surface area contributed by atoms with Gasteiger partial charge in [0.25, 0.3) is 11.8 Å². The topological polar surface area (TPSA) is 104 Å². The number of aromatic nitrogens is 3. The van der Waals surface area contributed by atoms with E-state index < -0.39 is 29.1 Å². The van der Waals surface area contributed by atoms with Gasteiger partial charge in [-0.2, -0.15) is 37.0 Å². The fraction of sp³-hybridized carbons (Fsp3) is 0.227. The molecule has 2 aromatic heterocycles. The lowest BCUT2D eigenvalue weighted by Crippen LogP contribution is -2.43. The van der Waals surface area contributed by atoms with Gasteiger partial charge in [0.15, 0.2) is 0 Å². The van der Waals surface area contributed by atoms with Crippen molar-refractivity contribution >= 4 is 36.7 Å². The SMILES string of the molecule is Cc1cc(NC(=O)c2cnn3c2C(=O)N(c2ccc(C(F)(F)F)c(C#N)c2)C[C@@H]3C)ccn1.S. The number of anilines is 2. The minimum absolute atomic E-state index is 0. The number of aryl methyl sites for hydroxylation is 1. The number of nitriles is 1. The van der Waals surface area contributed by atoms with Crippen molar-refractivity contribution in [2.24, 2.45) is 0 Å². The summed E-state index contributed by atoms with van der Waals surface area (Å²) in [5, 5.41) is 16.1. The van der Waals surface area contributed by atoms with Crippen LogP contribution in [0.15, 0.2) is 42.7 Å². The average Bonchev–Trinajstić information content (AvgIpc) is 3.21. The molecular weight excluding hydrogens is 469 g/mol. The van der Waals surface area contributed by atoms with Gasteiger partial charge in [0, 0.05) is 29.8 Å². The van der Waals surface area contributed by atoms with Gasteiger partial charge in [-0.25, -0.2) is 0 Å². The van der Waals surface area contributed by atoms with E-state index in [-0.39, 0.29) is 43.0 Å². The van der Waals surface area contributed by atoms with Crippen molar-refractivity contribution in [3.05, 3.63) is 70.8 Å². The van der Waals surface area contributed by atoms with Crippen molar-refractivity contribution in [1.29, 1.82) is 5.26 Å². The number of hydrogen-bond donors (Lipinski definition) is 1. The molecule has 0 fully saturated rings. The van der Waals surface area contributed by atoms with Crippen LogP contribution < -0.4 is 10.2 Å². The molecule has 176 valence electrons. The monoisotopic (exact) mass is 488 g/mol. The summed E-state index contributed by atoms with van der Waals surface area (Å²) in [5.41, 5.74) is -0.332. The second kappa shape index (κ2) is 9.18. The molecule has 1 atom stereocenters. The molecule has 1 aliphatic rings. The molecule has 3 aromatic rings. The predicted molar refractivity (Wildman–Crippen MR) is 122 cm³/mol. The van der Waals surface area contributed by atoms with E-state index in [1.807, 2.05) is 0 Å². The van der Waals surface area contributed by atoms with Crippen LogP contribution in [0, 0.1) is 18.3 Å². The number of benzene rings is 1. The third kappa shape index (κ3) is 4.47. The zero-order valence-corrected chi connectivity index (χ0v) is 19.0. The number of halogens is 3. The van der Waals surface area contributed by atoms with Gasteiger partial charge in [-0.05, 0) is 44.2 Å². The summed E-state index contributed by atoms with van der Waals surface area (Å²) in [4.78, 5) is 31.5. The number of amides is 2. The summed E-state index contributed by atoms with van der Waals surface area (Å²) in [6, 6.07) is 7.38. The van der Waals surface area contributed by atoms with E-state index in [0.717, 1.165) is 18.2 Å². The number of rotatable bonds is 3. The maximum absolute atomic E-state index is 13.3. The summed E-state index contributed by atoms with van der Waals surface area (Å²) in [7, 11) is 0. The number of nitrogens with one attached hydrogen (secondary N) is 1. The zero-order valence-electron chi connectivity index (χ0n) is 18.0. The summed E-state index contributed by atoms with van der Waals surface area (Å²) in [6.07, 6.45) is -1.88. The number of carbonyl (C=O) groups excluding carboxylic acids is 2. The van der Waals surface area contributed by atoms with Crippen molar-refractivity contribution in [1.82, 2.24) is 14.8 Å². The Bertz CT molecular complexity index is 1310. The molecule has 8 nitrogen and oxygen atoms in total. The minimum atomic E-state index is -4.70. The van der Waals surface area contributed by atoms with Gasteiger partial charge in [-0.1, -0.05) is 0 Å². The van der Waals surface area contributed by atoms with E-state index in [1.165, 1.54) is 28.0 Å². The zero-order chi connectivity index (χ0) is 23.9. The Balaban J connectivity index is 0.00000324. The first kappa shape index (κ1) is 24.8. The van der Waals surface area contributed by atoms with Crippen LogP contribution in [0.3, 0.4) is 0 Å². The van der Waals surface area contributed by atoms with Crippen LogP contribution in [0.25, 0.3) is 0 Å². The summed E-state index contributed by atoms with van der Waals surface area (Å²) < 4.78 is 40.9. The number of carbonyl (C=O) groups is 2. The Morgan fingerprint density at radius 1 is 1.26 bits per heavy atom. The summed E-state index contributed by atoms with van der Waals surface area (Å²) >= 11 is 0. The second-order valence-electron chi connectivity index (χ2n) is 7.60. The highest BCUT2D eigenvalue weighted by atomic mass is 32.1. The lowest BCUT2D eigenvalue weighted by atomic mass is 10.0. The van der Waals surface area contributed by atoms with Crippen molar-refractivity contribution in [3.63, 3.8) is 0 Å². The van der Waals surface area contributed by atoms with E-state index in [9.17, 15) is 28.0 Å². The number of fused-ring (bicyclic) bond motifs is 1. The third-order valence-electron chi connectivity index (χ3n) is 5.25. The molecule has 2 amide bonds. The van der Waals surface area contributed by atoms with E-state index in [0.29, 0.717) is 11.4 Å². The predicted octanol–water partition coefficient (Wildman–Crippen LogP) is 4.06. The van der Waals surface area contributed by atoms with Gasteiger partial charge in [0.1, 0.15) is 5.69 Å². The molecule has 12 heteroatoms. The van der Waals surface area contributed by atoms with Gasteiger partial charge in [0.05, 0.1) is 35.0 Å². The lowest BCUT2D eigenvalue weighted by Gasteiger charge is -2.32. The Hall–Kier alpha value is -3.85. The lowest BCUT2D eigenvalue weighted by molar-refractivity contribution is -0.137. The molecule has 34 heavy (non-hydrogen) atoms. The highest BCUT2D eigenvalue weighted by Gasteiger charge is 2.37. The standard InChI is InChI=1S/C22H17F3N6O2.H2S/c1-12-7-15(5-6-27-12)29-20(32)17-10-28-31-13(2)11-30(21(33)19(17)31)16-3-4-18(22(23,24)25)14(8-16)9-26;/h3-8,10,13H,11H2,1-2H3,(H,27,29,32);1H2/t13-;/m0./s1. The third-order valence-corrected chi connectivity index (χ3v) is 5.25. The highest BCUT2D eigenvalue weighted by Crippen LogP contribution is 2.35. The molecule has 0 saturated carbocycles. The van der Waals surface area contributed by atoms with E-state index in [2.05, 4.69) is 15.4 Å². The molecule has 0 unspecified atom stereocenters. The van der Waals surface area contributed by atoms with E-state index in [1.54, 1.807) is 26.0 Å². The van der Waals surface area contributed by atoms with Crippen LogP contribution in [0.4, 0.5) is 24.5 Å². The first-order chi connectivity index (χ1) is 15.6. The van der Waals surface area contributed by atoms with Gasteiger partial charge >= 0.3 is 6.18 Å². The van der Waals surface area contributed by atoms with Gasteiger partial charge in [0.2, 0.25) is 0 Å². The molecule has 4 rings (SSSR count). The Morgan fingerprint density at radius 2 is 2.00 bits per heavy atom. The smallest absolute Gasteiger partial charge is 0.322 e. The van der Waals surface area contributed by atoms with Crippen LogP contribution in [-0.4, -0.2) is 33.1 Å². The summed E-state index contributed by atoms with van der Waals surface area (Å²) in [5.74, 6) is -1.17. The maximum Gasteiger partial charge on any atom is 0.417 e. The minimum Gasteiger partial charge on any atom is -0.322 e. The highest BCUT2D eigenvalue weighted by molar-refractivity contribution is 7.59. The van der Waals surface area contributed by atoms with Crippen LogP contribution in [-0.2, 0) is 6.18 Å². The molecule has 0 bridgehead atoms. The van der Waals surface area contributed by atoms with E-state index >= 15 is 0 Å². The number of nitrogens with zero attached hydrogens (tertiary/aromatic N) is 5. The first-order valence-electron chi connectivity index (χ1n) is 9.85. The second-order valence-corrected chi connectivity index (χ2v) is 7.60. The first-order valence-corrected chi connectivity index (χ1v) is 9.85. The Morgan fingerprint density at radius 3 is 2.65 bits per heavy atom. The molecule has 1 aliphatic heterocycles.